The molecule has 2 aromatic carbocycles. The van der Waals surface area contributed by atoms with E-state index >= 15 is 0 Å². The number of carbonyl (C=O) groups excluding carboxylic acids is 1. The third-order valence-corrected chi connectivity index (χ3v) is 3.37. The minimum atomic E-state index is -0.934. The van der Waals surface area contributed by atoms with Gasteiger partial charge in [0.15, 0.2) is 5.78 Å². The van der Waals surface area contributed by atoms with Gasteiger partial charge in [0.1, 0.15) is 29.0 Å². The highest BCUT2D eigenvalue weighted by molar-refractivity contribution is 6.07. The SMILES string of the molecule is O=C(/C=C/c1ccc(-c2ccccc2F)o1)c1c(F)cccc1F. The van der Waals surface area contributed by atoms with Gasteiger partial charge in [-0.25, -0.2) is 13.2 Å². The lowest BCUT2D eigenvalue weighted by atomic mass is 10.1. The Hall–Kier alpha value is -3.08. The zero-order chi connectivity index (χ0) is 17.1. The molecule has 0 atom stereocenters. The Balaban J connectivity index is 1.83. The van der Waals surface area contributed by atoms with E-state index in [1.165, 1.54) is 24.3 Å². The average molecular weight is 328 g/mol. The highest BCUT2D eigenvalue weighted by atomic mass is 19.1. The van der Waals surface area contributed by atoms with Gasteiger partial charge in [0, 0.05) is 0 Å². The van der Waals surface area contributed by atoms with Crippen molar-refractivity contribution in [2.75, 3.05) is 0 Å². The lowest BCUT2D eigenvalue weighted by Gasteiger charge is -1.99. The molecule has 0 amide bonds. The maximum absolute atomic E-state index is 13.7. The number of rotatable bonds is 4. The molecule has 1 heterocycles. The lowest BCUT2D eigenvalue weighted by Crippen LogP contribution is -2.02. The molecule has 5 heteroatoms. The fourth-order valence-corrected chi connectivity index (χ4v) is 2.22. The first-order valence-corrected chi connectivity index (χ1v) is 7.07. The van der Waals surface area contributed by atoms with E-state index in [4.69, 9.17) is 4.42 Å². The zero-order valence-corrected chi connectivity index (χ0v) is 12.3. The average Bonchev–Trinajstić information content (AvgIpc) is 3.02. The van der Waals surface area contributed by atoms with Gasteiger partial charge in [-0.15, -0.1) is 0 Å². The highest BCUT2D eigenvalue weighted by Crippen LogP contribution is 2.25. The van der Waals surface area contributed by atoms with Crippen LogP contribution in [-0.4, -0.2) is 5.78 Å². The van der Waals surface area contributed by atoms with Crippen LogP contribution in [0.3, 0.4) is 0 Å². The van der Waals surface area contributed by atoms with E-state index in [1.807, 2.05) is 0 Å². The van der Waals surface area contributed by atoms with Gasteiger partial charge in [-0.3, -0.25) is 4.79 Å². The van der Waals surface area contributed by atoms with Crippen LogP contribution in [0, 0.1) is 17.5 Å². The molecule has 0 radical (unpaired) electrons. The lowest BCUT2D eigenvalue weighted by molar-refractivity contribution is 0.104. The molecule has 0 N–H and O–H groups in total. The second-order valence-electron chi connectivity index (χ2n) is 4.98. The molecule has 1 aromatic heterocycles. The summed E-state index contributed by atoms with van der Waals surface area (Å²) in [5.74, 6) is -2.58. The number of hydrogen-bond donors (Lipinski definition) is 0. The predicted octanol–water partition coefficient (Wildman–Crippen LogP) is 5.26. The van der Waals surface area contributed by atoms with Gasteiger partial charge in [-0.2, -0.15) is 0 Å². The first kappa shape index (κ1) is 15.8. The normalized spacial score (nSPS) is 11.1. The van der Waals surface area contributed by atoms with Crippen LogP contribution in [0.2, 0.25) is 0 Å². The maximum Gasteiger partial charge on any atom is 0.191 e. The summed E-state index contributed by atoms with van der Waals surface area (Å²) in [4.78, 5) is 11.9. The molecule has 0 aliphatic carbocycles. The molecule has 24 heavy (non-hydrogen) atoms. The fourth-order valence-electron chi connectivity index (χ4n) is 2.22. The van der Waals surface area contributed by atoms with Gasteiger partial charge < -0.3 is 4.42 Å². The number of carbonyl (C=O) groups is 1. The van der Waals surface area contributed by atoms with E-state index in [0.717, 1.165) is 18.2 Å². The minimum absolute atomic E-state index is 0.262. The third kappa shape index (κ3) is 3.15. The number of benzene rings is 2. The molecule has 0 saturated carbocycles. The van der Waals surface area contributed by atoms with Crippen LogP contribution in [0.5, 0.6) is 0 Å². The van der Waals surface area contributed by atoms with Gasteiger partial charge in [0.2, 0.25) is 0 Å². The maximum atomic E-state index is 13.7. The molecule has 0 saturated heterocycles. The van der Waals surface area contributed by atoms with E-state index in [-0.39, 0.29) is 17.1 Å². The molecule has 0 aliphatic heterocycles. The Kier molecular flexibility index (Phi) is 4.33. The molecule has 2 nitrogen and oxygen atoms in total. The molecule has 3 rings (SSSR count). The Morgan fingerprint density at radius 2 is 1.50 bits per heavy atom. The van der Waals surface area contributed by atoms with Crippen LogP contribution in [0.1, 0.15) is 16.1 Å². The molecule has 0 bridgehead atoms. The Morgan fingerprint density at radius 1 is 0.833 bits per heavy atom. The molecule has 0 fully saturated rings. The van der Waals surface area contributed by atoms with Crippen molar-refractivity contribution in [2.24, 2.45) is 0 Å². The Bertz CT molecular complexity index is 906. The van der Waals surface area contributed by atoms with Crippen LogP contribution in [-0.2, 0) is 0 Å². The molecule has 0 spiro atoms. The van der Waals surface area contributed by atoms with Crippen LogP contribution in [0.4, 0.5) is 13.2 Å². The van der Waals surface area contributed by atoms with E-state index in [0.29, 0.717) is 0 Å². The van der Waals surface area contributed by atoms with Crippen molar-refractivity contribution in [3.8, 4) is 11.3 Å². The summed E-state index contributed by atoms with van der Waals surface area (Å²) in [7, 11) is 0. The predicted molar refractivity (Wildman–Crippen MR) is 83.8 cm³/mol. The summed E-state index contributed by atoms with van der Waals surface area (Å²) in [6.45, 7) is 0. The minimum Gasteiger partial charge on any atom is -0.457 e. The van der Waals surface area contributed by atoms with E-state index in [2.05, 4.69) is 0 Å². The summed E-state index contributed by atoms with van der Waals surface area (Å²) in [6, 6.07) is 12.4. The monoisotopic (exact) mass is 328 g/mol. The highest BCUT2D eigenvalue weighted by Gasteiger charge is 2.14. The first-order chi connectivity index (χ1) is 11.6. The van der Waals surface area contributed by atoms with Crippen molar-refractivity contribution in [3.05, 3.63) is 89.4 Å². The fraction of sp³-hybridized carbons (Fsp3) is 0. The van der Waals surface area contributed by atoms with E-state index in [9.17, 15) is 18.0 Å². The molecular weight excluding hydrogens is 317 g/mol. The van der Waals surface area contributed by atoms with Crippen molar-refractivity contribution in [3.63, 3.8) is 0 Å². The number of furan rings is 1. The van der Waals surface area contributed by atoms with Crippen LogP contribution in [0.25, 0.3) is 17.4 Å². The second kappa shape index (κ2) is 6.58. The topological polar surface area (TPSA) is 30.2 Å². The van der Waals surface area contributed by atoms with E-state index < -0.39 is 28.8 Å². The molecular formula is C19H11F3O2. The smallest absolute Gasteiger partial charge is 0.191 e. The Morgan fingerprint density at radius 3 is 2.21 bits per heavy atom. The standard InChI is InChI=1S/C19H11F3O2/c20-14-5-2-1-4-13(14)18-11-9-12(24-18)8-10-17(23)19-15(21)6-3-7-16(19)22/h1-11H/b10-8+. The molecule has 0 unspecified atom stereocenters. The van der Waals surface area contributed by atoms with Crippen molar-refractivity contribution < 1.29 is 22.4 Å². The number of hydrogen-bond acceptors (Lipinski definition) is 2. The van der Waals surface area contributed by atoms with Gasteiger partial charge in [-0.1, -0.05) is 18.2 Å². The molecule has 0 aliphatic rings. The van der Waals surface area contributed by atoms with Crippen molar-refractivity contribution >= 4 is 11.9 Å². The quantitative estimate of drug-likeness (QED) is 0.483. The first-order valence-electron chi connectivity index (χ1n) is 7.07. The summed E-state index contributed by atoms with van der Waals surface area (Å²) >= 11 is 0. The Labute approximate surface area is 135 Å². The summed E-state index contributed by atoms with van der Waals surface area (Å²) in [6.07, 6.45) is 2.28. The van der Waals surface area contributed by atoms with Gasteiger partial charge in [0.05, 0.1) is 11.1 Å². The summed E-state index contributed by atoms with van der Waals surface area (Å²) in [5, 5.41) is 0. The molecule has 120 valence electrons. The van der Waals surface area contributed by atoms with Crippen LogP contribution in [0.15, 0.2) is 65.1 Å². The zero-order valence-electron chi connectivity index (χ0n) is 12.3. The van der Waals surface area contributed by atoms with E-state index in [1.54, 1.807) is 24.3 Å². The van der Waals surface area contributed by atoms with Gasteiger partial charge in [-0.05, 0) is 48.6 Å². The van der Waals surface area contributed by atoms with Crippen LogP contribution >= 0.6 is 0 Å². The second-order valence-corrected chi connectivity index (χ2v) is 4.98. The number of allylic oxidation sites excluding steroid dienone is 1. The third-order valence-electron chi connectivity index (χ3n) is 3.37. The van der Waals surface area contributed by atoms with Crippen molar-refractivity contribution in [1.82, 2.24) is 0 Å². The number of ketones is 1. The van der Waals surface area contributed by atoms with Crippen molar-refractivity contribution in [1.29, 1.82) is 0 Å². The van der Waals surface area contributed by atoms with Crippen molar-refractivity contribution in [2.45, 2.75) is 0 Å². The number of halogens is 3. The van der Waals surface area contributed by atoms with Crippen LogP contribution < -0.4 is 0 Å². The summed E-state index contributed by atoms with van der Waals surface area (Å²) < 4.78 is 46.2. The largest absolute Gasteiger partial charge is 0.457 e. The van der Waals surface area contributed by atoms with Gasteiger partial charge >= 0.3 is 0 Å². The van der Waals surface area contributed by atoms with Gasteiger partial charge in [0.25, 0.3) is 0 Å². The summed E-state index contributed by atoms with van der Waals surface area (Å²) in [5.41, 5.74) is -0.349. The molecule has 3 aromatic rings.